The molecule has 3 rings (SSSR count). The number of aromatic nitrogens is 3. The number of hydrogen-bond donors (Lipinski definition) is 1. The lowest BCUT2D eigenvalue weighted by Crippen LogP contribution is -2.45. The second-order valence-electron chi connectivity index (χ2n) is 5.67. The lowest BCUT2D eigenvalue weighted by atomic mass is 10.1. The molecular formula is C16H19N5O3. The van der Waals surface area contributed by atoms with Crippen molar-refractivity contribution in [2.45, 2.75) is 25.5 Å². The molecule has 1 aliphatic heterocycles. The summed E-state index contributed by atoms with van der Waals surface area (Å²) in [6.07, 6.45) is 6.48. The molecule has 1 fully saturated rings. The molecule has 0 bridgehead atoms. The van der Waals surface area contributed by atoms with Crippen LogP contribution in [0.2, 0.25) is 0 Å². The number of pyridine rings is 1. The Bertz CT molecular complexity index is 716. The van der Waals surface area contributed by atoms with Gasteiger partial charge in [0.25, 0.3) is 5.91 Å². The van der Waals surface area contributed by atoms with Crippen molar-refractivity contribution in [1.29, 1.82) is 0 Å². The third kappa shape index (κ3) is 3.89. The molecule has 1 saturated heterocycles. The van der Waals surface area contributed by atoms with Gasteiger partial charge in [-0.1, -0.05) is 0 Å². The molecule has 0 saturated carbocycles. The highest BCUT2D eigenvalue weighted by Gasteiger charge is 2.25. The molecule has 0 radical (unpaired) electrons. The van der Waals surface area contributed by atoms with Gasteiger partial charge in [-0.3, -0.25) is 19.3 Å². The van der Waals surface area contributed by atoms with Crippen molar-refractivity contribution in [1.82, 2.24) is 19.7 Å². The Morgan fingerprint density at radius 2 is 2.25 bits per heavy atom. The molecule has 1 atom stereocenters. The Hall–Kier alpha value is -2.90. The van der Waals surface area contributed by atoms with Gasteiger partial charge in [0.15, 0.2) is 0 Å². The van der Waals surface area contributed by atoms with E-state index in [1.165, 1.54) is 12.3 Å². The van der Waals surface area contributed by atoms with Crippen LogP contribution in [0.3, 0.4) is 0 Å². The molecule has 0 aliphatic carbocycles. The normalized spacial score (nSPS) is 17.5. The van der Waals surface area contributed by atoms with E-state index in [0.29, 0.717) is 18.8 Å². The number of piperidine rings is 1. The van der Waals surface area contributed by atoms with Crippen LogP contribution >= 0.6 is 0 Å². The van der Waals surface area contributed by atoms with Gasteiger partial charge >= 0.3 is 0 Å². The Morgan fingerprint density at radius 3 is 3.00 bits per heavy atom. The summed E-state index contributed by atoms with van der Waals surface area (Å²) in [5.41, 5.74) is 5.39. The quantitative estimate of drug-likeness (QED) is 0.857. The van der Waals surface area contributed by atoms with Gasteiger partial charge in [0.1, 0.15) is 24.1 Å². The lowest BCUT2D eigenvalue weighted by Gasteiger charge is -2.33. The molecule has 126 valence electrons. The number of amides is 2. The molecule has 2 aromatic rings. The van der Waals surface area contributed by atoms with E-state index in [2.05, 4.69) is 10.1 Å². The minimum absolute atomic E-state index is 0.0135. The van der Waals surface area contributed by atoms with E-state index in [0.717, 1.165) is 12.8 Å². The fourth-order valence-electron chi connectivity index (χ4n) is 2.71. The number of carbonyl (C=O) groups is 2. The van der Waals surface area contributed by atoms with E-state index in [4.69, 9.17) is 10.5 Å². The van der Waals surface area contributed by atoms with Crippen LogP contribution in [-0.4, -0.2) is 50.7 Å². The zero-order valence-corrected chi connectivity index (χ0v) is 13.2. The second kappa shape index (κ2) is 7.12. The zero-order chi connectivity index (χ0) is 16.9. The maximum atomic E-state index is 12.3. The van der Waals surface area contributed by atoms with E-state index in [1.54, 1.807) is 34.1 Å². The van der Waals surface area contributed by atoms with Gasteiger partial charge in [0.05, 0.1) is 6.54 Å². The second-order valence-corrected chi connectivity index (χ2v) is 5.67. The van der Waals surface area contributed by atoms with Crippen LogP contribution in [0.15, 0.2) is 36.8 Å². The third-order valence-electron chi connectivity index (χ3n) is 3.87. The summed E-state index contributed by atoms with van der Waals surface area (Å²) in [4.78, 5) is 29.2. The first-order chi connectivity index (χ1) is 11.6. The van der Waals surface area contributed by atoms with Gasteiger partial charge in [-0.15, -0.1) is 0 Å². The number of nitrogens with two attached hydrogens (primary N) is 1. The highest BCUT2D eigenvalue weighted by Crippen LogP contribution is 2.19. The van der Waals surface area contributed by atoms with E-state index >= 15 is 0 Å². The summed E-state index contributed by atoms with van der Waals surface area (Å²) in [6, 6.07) is 4.99. The third-order valence-corrected chi connectivity index (χ3v) is 3.87. The number of carbonyl (C=O) groups excluding carboxylic acids is 2. The smallest absolute Gasteiger partial charge is 0.267 e. The minimum atomic E-state index is -0.597. The number of nitrogens with zero attached hydrogens (tertiary/aromatic N) is 4. The number of ether oxygens (including phenoxy) is 1. The van der Waals surface area contributed by atoms with Gasteiger partial charge in [0, 0.05) is 31.2 Å². The number of hydrogen-bond acceptors (Lipinski definition) is 5. The monoisotopic (exact) mass is 329 g/mol. The average molecular weight is 329 g/mol. The van der Waals surface area contributed by atoms with Crippen molar-refractivity contribution in [2.75, 3.05) is 13.1 Å². The summed E-state index contributed by atoms with van der Waals surface area (Å²) in [7, 11) is 0. The minimum Gasteiger partial charge on any atom is -0.488 e. The predicted molar refractivity (Wildman–Crippen MR) is 85.2 cm³/mol. The van der Waals surface area contributed by atoms with Crippen molar-refractivity contribution >= 4 is 11.8 Å². The van der Waals surface area contributed by atoms with Gasteiger partial charge in [-0.2, -0.15) is 5.10 Å². The Kier molecular flexibility index (Phi) is 4.74. The van der Waals surface area contributed by atoms with Crippen LogP contribution in [0.1, 0.15) is 23.3 Å². The molecule has 2 N–H and O–H groups in total. The molecule has 0 aromatic carbocycles. The maximum Gasteiger partial charge on any atom is 0.267 e. The fraction of sp³-hybridized carbons (Fsp3) is 0.375. The van der Waals surface area contributed by atoms with Crippen LogP contribution in [0, 0.1) is 0 Å². The van der Waals surface area contributed by atoms with Crippen molar-refractivity contribution in [2.24, 2.45) is 5.73 Å². The fourth-order valence-corrected chi connectivity index (χ4v) is 2.71. The van der Waals surface area contributed by atoms with Crippen molar-refractivity contribution < 1.29 is 14.3 Å². The first kappa shape index (κ1) is 16.0. The molecular weight excluding hydrogens is 310 g/mol. The summed E-state index contributed by atoms with van der Waals surface area (Å²) < 4.78 is 7.50. The van der Waals surface area contributed by atoms with Crippen LogP contribution < -0.4 is 10.5 Å². The van der Waals surface area contributed by atoms with Gasteiger partial charge < -0.3 is 15.4 Å². The molecule has 1 aliphatic rings. The molecule has 2 amide bonds. The van der Waals surface area contributed by atoms with Crippen LogP contribution in [0.25, 0.3) is 0 Å². The molecule has 2 aromatic heterocycles. The van der Waals surface area contributed by atoms with E-state index in [1.807, 2.05) is 0 Å². The molecule has 8 nitrogen and oxygen atoms in total. The average Bonchev–Trinajstić information content (AvgIpc) is 3.08. The van der Waals surface area contributed by atoms with E-state index in [-0.39, 0.29) is 24.2 Å². The molecule has 3 heterocycles. The van der Waals surface area contributed by atoms with Crippen LogP contribution in [0.4, 0.5) is 0 Å². The Balaban J connectivity index is 1.60. The highest BCUT2D eigenvalue weighted by atomic mass is 16.5. The van der Waals surface area contributed by atoms with Crippen LogP contribution in [0.5, 0.6) is 5.75 Å². The highest BCUT2D eigenvalue weighted by molar-refractivity contribution is 5.91. The summed E-state index contributed by atoms with van der Waals surface area (Å²) >= 11 is 0. The van der Waals surface area contributed by atoms with Crippen molar-refractivity contribution in [3.8, 4) is 5.75 Å². The number of likely N-dealkylation sites (tertiary alicyclic amines) is 1. The topological polar surface area (TPSA) is 103 Å². The first-order valence-electron chi connectivity index (χ1n) is 7.79. The van der Waals surface area contributed by atoms with Crippen LogP contribution in [-0.2, 0) is 11.3 Å². The Morgan fingerprint density at radius 1 is 1.38 bits per heavy atom. The number of primary amides is 1. The molecule has 0 spiro atoms. The lowest BCUT2D eigenvalue weighted by molar-refractivity contribution is -0.134. The predicted octanol–water partition coefficient (Wildman–Crippen LogP) is 0.447. The van der Waals surface area contributed by atoms with E-state index < -0.39 is 5.91 Å². The molecule has 24 heavy (non-hydrogen) atoms. The van der Waals surface area contributed by atoms with Crippen molar-refractivity contribution in [3.05, 3.63) is 42.5 Å². The van der Waals surface area contributed by atoms with Gasteiger partial charge in [-0.05, 0) is 25.0 Å². The SMILES string of the molecule is NC(=O)c1cc(OC2CCCN(C(=O)Cn3cccn3)C2)ccn1. The zero-order valence-electron chi connectivity index (χ0n) is 13.2. The van der Waals surface area contributed by atoms with Gasteiger partial charge in [-0.25, -0.2) is 0 Å². The van der Waals surface area contributed by atoms with Crippen molar-refractivity contribution in [3.63, 3.8) is 0 Å². The summed E-state index contributed by atoms with van der Waals surface area (Å²) in [5, 5.41) is 4.05. The first-order valence-corrected chi connectivity index (χ1v) is 7.79. The molecule has 8 heteroatoms. The number of rotatable bonds is 5. The Labute approximate surface area is 139 Å². The maximum absolute atomic E-state index is 12.3. The summed E-state index contributed by atoms with van der Waals surface area (Å²) in [5.74, 6) is -0.0511. The largest absolute Gasteiger partial charge is 0.488 e. The van der Waals surface area contributed by atoms with Gasteiger partial charge in [0.2, 0.25) is 5.91 Å². The van der Waals surface area contributed by atoms with E-state index in [9.17, 15) is 9.59 Å². The summed E-state index contributed by atoms with van der Waals surface area (Å²) in [6.45, 7) is 1.44. The molecule has 1 unspecified atom stereocenters. The standard InChI is InChI=1S/C16H19N5O3/c17-16(23)14-9-12(4-6-18-14)24-13-3-1-7-20(10-13)15(22)11-21-8-2-5-19-21/h2,4-6,8-9,13H,1,3,7,10-11H2,(H2,17,23).